The fourth-order valence-corrected chi connectivity index (χ4v) is 3.34. The molecule has 1 heterocycles. The first-order valence-electron chi connectivity index (χ1n) is 6.63. The summed E-state index contributed by atoms with van der Waals surface area (Å²) in [6.07, 6.45) is 7.32. The van der Waals surface area contributed by atoms with Crippen LogP contribution in [-0.4, -0.2) is 32.2 Å². The van der Waals surface area contributed by atoms with Crippen LogP contribution in [-0.2, 0) is 9.84 Å². The van der Waals surface area contributed by atoms with Crippen molar-refractivity contribution >= 4 is 15.7 Å². The van der Waals surface area contributed by atoms with Crippen LogP contribution in [0.1, 0.15) is 25.7 Å². The van der Waals surface area contributed by atoms with Crippen molar-refractivity contribution in [2.45, 2.75) is 36.6 Å². The molecule has 0 saturated heterocycles. The van der Waals surface area contributed by atoms with E-state index in [0.717, 1.165) is 12.8 Å². The molecule has 2 unspecified atom stereocenters. The molecule has 1 fully saturated rings. The maximum absolute atomic E-state index is 11.7. The Kier molecular flexibility index (Phi) is 4.42. The van der Waals surface area contributed by atoms with Crippen LogP contribution in [0.2, 0.25) is 0 Å². The van der Waals surface area contributed by atoms with Gasteiger partial charge in [0.25, 0.3) is 0 Å². The largest absolute Gasteiger partial charge is 0.369 e. The number of hydrogen-bond acceptors (Lipinski definition) is 5. The monoisotopic (exact) mass is 283 g/mol. The normalized spacial score (nSPS) is 24.1. The Hall–Kier alpha value is -1.14. The molecule has 0 radical (unpaired) electrons. The highest BCUT2D eigenvalue weighted by Crippen LogP contribution is 2.24. The van der Waals surface area contributed by atoms with Crippen molar-refractivity contribution in [1.29, 1.82) is 0 Å². The SMILES string of the molecule is CS(=O)(=O)c1cccnc1NCC1CCCCC1N. The first-order chi connectivity index (χ1) is 8.98. The molecule has 0 spiro atoms. The molecule has 0 bridgehead atoms. The standard InChI is InChI=1S/C13H21N3O2S/c1-19(17,18)12-7-4-8-15-13(12)16-9-10-5-2-3-6-11(10)14/h4,7-8,10-11H,2-3,5-6,9,14H2,1H3,(H,15,16). The molecule has 0 aromatic carbocycles. The predicted molar refractivity (Wildman–Crippen MR) is 75.8 cm³/mol. The van der Waals surface area contributed by atoms with E-state index in [9.17, 15) is 8.42 Å². The van der Waals surface area contributed by atoms with Gasteiger partial charge in [0.15, 0.2) is 9.84 Å². The predicted octanol–water partition coefficient (Wildman–Crippen LogP) is 1.41. The quantitative estimate of drug-likeness (QED) is 0.873. The van der Waals surface area contributed by atoms with Crippen LogP contribution in [0.15, 0.2) is 23.2 Å². The van der Waals surface area contributed by atoms with Gasteiger partial charge in [-0.3, -0.25) is 0 Å². The number of anilines is 1. The van der Waals surface area contributed by atoms with Crippen molar-refractivity contribution in [3.05, 3.63) is 18.3 Å². The second-order valence-electron chi connectivity index (χ2n) is 5.21. The Labute approximate surface area is 114 Å². The van der Waals surface area contributed by atoms with Crippen molar-refractivity contribution in [3.8, 4) is 0 Å². The molecule has 5 nitrogen and oxygen atoms in total. The molecule has 2 atom stereocenters. The summed E-state index contributed by atoms with van der Waals surface area (Å²) in [6.45, 7) is 0.681. The average molecular weight is 283 g/mol. The Balaban J connectivity index is 2.07. The average Bonchev–Trinajstić information content (AvgIpc) is 2.37. The second kappa shape index (κ2) is 5.88. The molecule has 0 aliphatic heterocycles. The Morgan fingerprint density at radius 2 is 2.16 bits per heavy atom. The number of rotatable bonds is 4. The van der Waals surface area contributed by atoms with Crippen LogP contribution in [0.4, 0.5) is 5.82 Å². The van der Waals surface area contributed by atoms with Gasteiger partial charge in [-0.2, -0.15) is 0 Å². The molecule has 6 heteroatoms. The molecule has 1 saturated carbocycles. The smallest absolute Gasteiger partial charge is 0.179 e. The van der Waals surface area contributed by atoms with Crippen molar-refractivity contribution in [3.63, 3.8) is 0 Å². The molecule has 1 aliphatic carbocycles. The summed E-state index contributed by atoms with van der Waals surface area (Å²) in [5.74, 6) is 0.825. The van der Waals surface area contributed by atoms with E-state index in [-0.39, 0.29) is 10.9 Å². The van der Waals surface area contributed by atoms with E-state index in [1.807, 2.05) is 0 Å². The van der Waals surface area contributed by atoms with E-state index < -0.39 is 9.84 Å². The highest BCUT2D eigenvalue weighted by molar-refractivity contribution is 7.90. The number of nitrogens with one attached hydrogen (secondary N) is 1. The lowest BCUT2D eigenvalue weighted by atomic mass is 9.85. The lowest BCUT2D eigenvalue weighted by molar-refractivity contribution is 0.321. The number of aromatic nitrogens is 1. The highest BCUT2D eigenvalue weighted by Gasteiger charge is 2.22. The zero-order valence-electron chi connectivity index (χ0n) is 11.2. The van der Waals surface area contributed by atoms with Crippen molar-refractivity contribution < 1.29 is 8.42 Å². The fraction of sp³-hybridized carbons (Fsp3) is 0.615. The summed E-state index contributed by atoms with van der Waals surface area (Å²) in [5, 5.41) is 3.15. The summed E-state index contributed by atoms with van der Waals surface area (Å²) in [6, 6.07) is 3.41. The first kappa shape index (κ1) is 14.3. The molecule has 1 aromatic heterocycles. The third kappa shape index (κ3) is 3.67. The van der Waals surface area contributed by atoms with Gasteiger partial charge in [0.2, 0.25) is 0 Å². The van der Waals surface area contributed by atoms with Crippen LogP contribution in [0.5, 0.6) is 0 Å². The Morgan fingerprint density at radius 3 is 2.84 bits per heavy atom. The lowest BCUT2D eigenvalue weighted by Crippen LogP contribution is -2.37. The minimum atomic E-state index is -3.26. The molecule has 19 heavy (non-hydrogen) atoms. The summed E-state index contributed by atoms with van der Waals surface area (Å²) in [7, 11) is -3.26. The Morgan fingerprint density at radius 1 is 1.42 bits per heavy atom. The van der Waals surface area contributed by atoms with Crippen LogP contribution >= 0.6 is 0 Å². The molecule has 3 N–H and O–H groups in total. The topological polar surface area (TPSA) is 85.1 Å². The molecular weight excluding hydrogens is 262 g/mol. The summed E-state index contributed by atoms with van der Waals surface area (Å²) >= 11 is 0. The minimum absolute atomic E-state index is 0.201. The number of nitrogens with zero attached hydrogens (tertiary/aromatic N) is 1. The molecular formula is C13H21N3O2S. The van der Waals surface area contributed by atoms with Crippen LogP contribution in [0.3, 0.4) is 0 Å². The summed E-state index contributed by atoms with van der Waals surface area (Å²) < 4.78 is 23.3. The van der Waals surface area contributed by atoms with E-state index in [1.54, 1.807) is 18.3 Å². The van der Waals surface area contributed by atoms with Crippen LogP contribution < -0.4 is 11.1 Å². The van der Waals surface area contributed by atoms with Gasteiger partial charge in [-0.1, -0.05) is 12.8 Å². The van der Waals surface area contributed by atoms with E-state index >= 15 is 0 Å². The van der Waals surface area contributed by atoms with Gasteiger partial charge < -0.3 is 11.1 Å². The van der Waals surface area contributed by atoms with E-state index in [4.69, 9.17) is 5.73 Å². The van der Waals surface area contributed by atoms with Gasteiger partial charge in [-0.15, -0.1) is 0 Å². The first-order valence-corrected chi connectivity index (χ1v) is 8.52. The van der Waals surface area contributed by atoms with Crippen molar-refractivity contribution in [1.82, 2.24) is 4.98 Å². The van der Waals surface area contributed by atoms with Gasteiger partial charge in [0.05, 0.1) is 0 Å². The molecule has 106 valence electrons. The van der Waals surface area contributed by atoms with Crippen molar-refractivity contribution in [2.75, 3.05) is 18.1 Å². The van der Waals surface area contributed by atoms with Gasteiger partial charge in [0.1, 0.15) is 10.7 Å². The molecule has 0 amide bonds. The second-order valence-corrected chi connectivity index (χ2v) is 7.20. The maximum atomic E-state index is 11.7. The highest BCUT2D eigenvalue weighted by atomic mass is 32.2. The zero-order chi connectivity index (χ0) is 13.9. The van der Waals surface area contributed by atoms with Gasteiger partial charge >= 0.3 is 0 Å². The molecule has 1 aliphatic rings. The lowest BCUT2D eigenvalue weighted by Gasteiger charge is -2.28. The van der Waals surface area contributed by atoms with E-state index in [0.29, 0.717) is 18.3 Å². The number of pyridine rings is 1. The fourth-order valence-electron chi connectivity index (χ4n) is 2.54. The van der Waals surface area contributed by atoms with E-state index in [1.165, 1.54) is 19.1 Å². The summed E-state index contributed by atoms with van der Waals surface area (Å²) in [4.78, 5) is 4.37. The van der Waals surface area contributed by atoms with Crippen LogP contribution in [0.25, 0.3) is 0 Å². The van der Waals surface area contributed by atoms with E-state index in [2.05, 4.69) is 10.3 Å². The summed E-state index contributed by atoms with van der Waals surface area (Å²) in [5.41, 5.74) is 6.09. The van der Waals surface area contributed by atoms with Crippen LogP contribution in [0, 0.1) is 5.92 Å². The molecule has 1 aromatic rings. The molecule has 2 rings (SSSR count). The number of hydrogen-bond donors (Lipinski definition) is 2. The Bertz CT molecular complexity index is 530. The maximum Gasteiger partial charge on any atom is 0.179 e. The van der Waals surface area contributed by atoms with Crippen molar-refractivity contribution in [2.24, 2.45) is 11.7 Å². The number of nitrogens with two attached hydrogens (primary N) is 1. The number of sulfone groups is 1. The van der Waals surface area contributed by atoms with Gasteiger partial charge in [-0.05, 0) is 30.9 Å². The zero-order valence-corrected chi connectivity index (χ0v) is 12.0. The van der Waals surface area contributed by atoms with Gasteiger partial charge in [0, 0.05) is 25.0 Å². The minimum Gasteiger partial charge on any atom is -0.369 e. The van der Waals surface area contributed by atoms with Gasteiger partial charge in [-0.25, -0.2) is 13.4 Å². The third-order valence-electron chi connectivity index (χ3n) is 3.67. The third-order valence-corrected chi connectivity index (χ3v) is 4.80.